The quantitative estimate of drug-likeness (QED) is 0.750. The molecular formula is C19H21BrN2O2. The SMILES string of the molecule is CC(NC(=O)C(C)(C)C(=O)Nc1cccc(Br)c1)c1ccccc1. The van der Waals surface area contributed by atoms with Crippen LogP contribution < -0.4 is 10.6 Å². The molecule has 5 heteroatoms. The Morgan fingerprint density at radius 1 is 1.00 bits per heavy atom. The summed E-state index contributed by atoms with van der Waals surface area (Å²) >= 11 is 3.36. The highest BCUT2D eigenvalue weighted by Crippen LogP contribution is 2.23. The van der Waals surface area contributed by atoms with Gasteiger partial charge in [0.2, 0.25) is 11.8 Å². The average molecular weight is 389 g/mol. The van der Waals surface area contributed by atoms with Gasteiger partial charge in [0, 0.05) is 10.2 Å². The van der Waals surface area contributed by atoms with Gasteiger partial charge in [-0.25, -0.2) is 0 Å². The van der Waals surface area contributed by atoms with Crippen LogP contribution in [0.3, 0.4) is 0 Å². The van der Waals surface area contributed by atoms with E-state index in [0.29, 0.717) is 5.69 Å². The minimum absolute atomic E-state index is 0.170. The number of rotatable bonds is 5. The van der Waals surface area contributed by atoms with E-state index in [1.165, 1.54) is 0 Å². The molecule has 2 aromatic carbocycles. The number of carbonyl (C=O) groups is 2. The van der Waals surface area contributed by atoms with Gasteiger partial charge in [0.15, 0.2) is 0 Å². The van der Waals surface area contributed by atoms with Crippen LogP contribution in [-0.2, 0) is 9.59 Å². The summed E-state index contributed by atoms with van der Waals surface area (Å²) in [5.74, 6) is -0.662. The predicted molar refractivity (Wildman–Crippen MR) is 99.6 cm³/mol. The lowest BCUT2D eigenvalue weighted by Crippen LogP contribution is -2.45. The van der Waals surface area contributed by atoms with Crippen LogP contribution in [0, 0.1) is 5.41 Å². The van der Waals surface area contributed by atoms with E-state index >= 15 is 0 Å². The zero-order valence-corrected chi connectivity index (χ0v) is 15.6. The lowest BCUT2D eigenvalue weighted by Gasteiger charge is -2.25. The molecule has 4 nitrogen and oxygen atoms in total. The van der Waals surface area contributed by atoms with E-state index in [1.54, 1.807) is 26.0 Å². The summed E-state index contributed by atoms with van der Waals surface area (Å²) in [6, 6.07) is 16.7. The molecule has 1 atom stereocenters. The fraction of sp³-hybridized carbons (Fsp3) is 0.263. The van der Waals surface area contributed by atoms with E-state index in [2.05, 4.69) is 26.6 Å². The standard InChI is InChI=1S/C19H21BrN2O2/c1-13(14-8-5-4-6-9-14)21-17(23)19(2,3)18(24)22-16-11-7-10-15(20)12-16/h4-13H,1-3H3,(H,21,23)(H,22,24). The molecule has 0 aliphatic carbocycles. The van der Waals surface area contributed by atoms with E-state index in [9.17, 15) is 9.59 Å². The molecule has 0 aliphatic rings. The molecule has 0 saturated carbocycles. The summed E-state index contributed by atoms with van der Waals surface area (Å²) in [6.45, 7) is 5.14. The van der Waals surface area contributed by atoms with Crippen LogP contribution in [0.2, 0.25) is 0 Å². The van der Waals surface area contributed by atoms with Gasteiger partial charge in [0.25, 0.3) is 0 Å². The molecule has 1 unspecified atom stereocenters. The number of nitrogens with one attached hydrogen (secondary N) is 2. The number of amides is 2. The van der Waals surface area contributed by atoms with Crippen molar-refractivity contribution in [3.63, 3.8) is 0 Å². The first-order valence-electron chi connectivity index (χ1n) is 7.73. The predicted octanol–water partition coefficient (Wildman–Crippen LogP) is 4.29. The highest BCUT2D eigenvalue weighted by atomic mass is 79.9. The number of hydrogen-bond acceptors (Lipinski definition) is 2. The van der Waals surface area contributed by atoms with Gasteiger partial charge in [-0.3, -0.25) is 9.59 Å². The third-order valence-electron chi connectivity index (χ3n) is 3.86. The van der Waals surface area contributed by atoms with Crippen molar-refractivity contribution in [1.82, 2.24) is 5.32 Å². The second-order valence-electron chi connectivity index (χ2n) is 6.20. The van der Waals surface area contributed by atoms with E-state index < -0.39 is 5.41 Å². The highest BCUT2D eigenvalue weighted by molar-refractivity contribution is 9.10. The van der Waals surface area contributed by atoms with Crippen molar-refractivity contribution in [2.45, 2.75) is 26.8 Å². The maximum Gasteiger partial charge on any atom is 0.239 e. The molecule has 0 bridgehead atoms. The second kappa shape index (κ2) is 7.62. The first-order chi connectivity index (χ1) is 11.3. The van der Waals surface area contributed by atoms with Crippen molar-refractivity contribution in [3.05, 3.63) is 64.6 Å². The van der Waals surface area contributed by atoms with Crippen LogP contribution in [0.4, 0.5) is 5.69 Å². The van der Waals surface area contributed by atoms with Crippen molar-refractivity contribution >= 4 is 33.4 Å². The van der Waals surface area contributed by atoms with Gasteiger partial charge in [0.05, 0.1) is 6.04 Å². The van der Waals surface area contributed by atoms with Crippen LogP contribution in [0.15, 0.2) is 59.1 Å². The number of benzene rings is 2. The maximum absolute atomic E-state index is 12.6. The summed E-state index contributed by atoms with van der Waals surface area (Å²) in [4.78, 5) is 25.1. The van der Waals surface area contributed by atoms with Crippen LogP contribution in [0.5, 0.6) is 0 Å². The molecule has 126 valence electrons. The summed E-state index contributed by atoms with van der Waals surface area (Å²) in [7, 11) is 0. The van der Waals surface area contributed by atoms with Crippen molar-refractivity contribution in [2.24, 2.45) is 5.41 Å². The summed E-state index contributed by atoms with van der Waals surface area (Å²) in [5.41, 5.74) is 0.450. The zero-order chi connectivity index (χ0) is 17.7. The normalized spacial score (nSPS) is 12.3. The lowest BCUT2D eigenvalue weighted by molar-refractivity contribution is -0.138. The molecule has 0 fully saturated rings. The third-order valence-corrected chi connectivity index (χ3v) is 4.36. The molecule has 2 N–H and O–H groups in total. The minimum atomic E-state index is -1.19. The van der Waals surface area contributed by atoms with E-state index in [1.807, 2.05) is 49.4 Å². The Hall–Kier alpha value is -2.14. The zero-order valence-electron chi connectivity index (χ0n) is 14.0. The monoisotopic (exact) mass is 388 g/mol. The van der Waals surface area contributed by atoms with Gasteiger partial charge in [-0.15, -0.1) is 0 Å². The topological polar surface area (TPSA) is 58.2 Å². The molecule has 0 aliphatic heterocycles. The summed E-state index contributed by atoms with van der Waals surface area (Å²) < 4.78 is 0.861. The largest absolute Gasteiger partial charge is 0.349 e. The molecule has 2 rings (SSSR count). The van der Waals surface area contributed by atoms with Gasteiger partial charge in [-0.2, -0.15) is 0 Å². The Morgan fingerprint density at radius 2 is 1.67 bits per heavy atom. The number of anilines is 1. The van der Waals surface area contributed by atoms with Crippen LogP contribution in [-0.4, -0.2) is 11.8 Å². The van der Waals surface area contributed by atoms with Crippen molar-refractivity contribution < 1.29 is 9.59 Å². The Balaban J connectivity index is 2.05. The number of carbonyl (C=O) groups excluding carboxylic acids is 2. The fourth-order valence-electron chi connectivity index (χ4n) is 2.16. The third kappa shape index (κ3) is 4.45. The maximum atomic E-state index is 12.6. The van der Waals surface area contributed by atoms with Gasteiger partial charge in [-0.1, -0.05) is 52.3 Å². The van der Waals surface area contributed by atoms with E-state index in [-0.39, 0.29) is 17.9 Å². The molecule has 0 radical (unpaired) electrons. The van der Waals surface area contributed by atoms with E-state index in [0.717, 1.165) is 10.0 Å². The molecular weight excluding hydrogens is 368 g/mol. The number of hydrogen-bond donors (Lipinski definition) is 2. The van der Waals surface area contributed by atoms with Gasteiger partial charge in [-0.05, 0) is 44.5 Å². The highest BCUT2D eigenvalue weighted by Gasteiger charge is 2.36. The Labute approximate surface area is 150 Å². The van der Waals surface area contributed by atoms with Gasteiger partial charge in [0.1, 0.15) is 5.41 Å². The molecule has 0 saturated heterocycles. The summed E-state index contributed by atoms with van der Waals surface area (Å²) in [5, 5.41) is 5.69. The van der Waals surface area contributed by atoms with Crippen molar-refractivity contribution in [3.8, 4) is 0 Å². The first-order valence-corrected chi connectivity index (χ1v) is 8.53. The van der Waals surface area contributed by atoms with Crippen LogP contribution in [0.1, 0.15) is 32.4 Å². The summed E-state index contributed by atoms with van der Waals surface area (Å²) in [6.07, 6.45) is 0. The van der Waals surface area contributed by atoms with Crippen LogP contribution in [0.25, 0.3) is 0 Å². The molecule has 2 amide bonds. The molecule has 24 heavy (non-hydrogen) atoms. The Morgan fingerprint density at radius 3 is 2.29 bits per heavy atom. The Kier molecular flexibility index (Phi) is 5.78. The van der Waals surface area contributed by atoms with Crippen LogP contribution >= 0.6 is 15.9 Å². The Bertz CT molecular complexity index is 729. The second-order valence-corrected chi connectivity index (χ2v) is 7.11. The van der Waals surface area contributed by atoms with E-state index in [4.69, 9.17) is 0 Å². The molecule has 2 aromatic rings. The van der Waals surface area contributed by atoms with Gasteiger partial charge < -0.3 is 10.6 Å². The minimum Gasteiger partial charge on any atom is -0.349 e. The molecule has 0 spiro atoms. The lowest BCUT2D eigenvalue weighted by atomic mass is 9.90. The molecule has 0 heterocycles. The molecule has 0 aromatic heterocycles. The number of halogens is 1. The smallest absolute Gasteiger partial charge is 0.239 e. The van der Waals surface area contributed by atoms with Crippen molar-refractivity contribution in [1.29, 1.82) is 0 Å². The first kappa shape index (κ1) is 18.2. The fourth-order valence-corrected chi connectivity index (χ4v) is 2.56. The van der Waals surface area contributed by atoms with Gasteiger partial charge >= 0.3 is 0 Å². The average Bonchev–Trinajstić information content (AvgIpc) is 2.55. The van der Waals surface area contributed by atoms with Crippen molar-refractivity contribution in [2.75, 3.05) is 5.32 Å².